The average molecular weight is 350 g/mol. The number of para-hydroxylation sites is 1. The van der Waals surface area contributed by atoms with Gasteiger partial charge in [-0.2, -0.15) is 8.78 Å². The van der Waals surface area contributed by atoms with Crippen LogP contribution in [-0.4, -0.2) is 48.0 Å². The van der Waals surface area contributed by atoms with Crippen molar-refractivity contribution in [2.75, 3.05) is 19.6 Å². The van der Waals surface area contributed by atoms with Crippen molar-refractivity contribution in [3.63, 3.8) is 0 Å². The molecule has 1 amide bonds. The molecule has 3 aliphatic heterocycles. The van der Waals surface area contributed by atoms with Gasteiger partial charge in [0.2, 0.25) is 5.91 Å². The number of hydrogen-bond donors (Lipinski definition) is 0. The molecule has 2 atom stereocenters. The van der Waals surface area contributed by atoms with Crippen LogP contribution in [0.3, 0.4) is 0 Å². The Bertz CT molecular complexity index is 636. The third-order valence-corrected chi connectivity index (χ3v) is 5.60. The SMILES string of the molecule is O=C1[C@@H]2CC[C@@H](CN(Cc3ccccc3OC(F)F)C2)N1CC1CC1. The predicted octanol–water partition coefficient (Wildman–Crippen LogP) is 3.12. The minimum absolute atomic E-state index is 0.0423. The normalized spacial score (nSPS) is 27.0. The first-order valence-electron chi connectivity index (χ1n) is 9.15. The van der Waals surface area contributed by atoms with Crippen molar-refractivity contribution < 1.29 is 18.3 Å². The van der Waals surface area contributed by atoms with Crippen LogP contribution in [0.2, 0.25) is 0 Å². The second-order valence-electron chi connectivity index (χ2n) is 7.54. The molecule has 1 saturated carbocycles. The maximum absolute atomic E-state index is 12.8. The zero-order valence-corrected chi connectivity index (χ0v) is 14.2. The summed E-state index contributed by atoms with van der Waals surface area (Å²) >= 11 is 0. The van der Waals surface area contributed by atoms with Crippen LogP contribution in [-0.2, 0) is 11.3 Å². The van der Waals surface area contributed by atoms with Crippen LogP contribution in [0.5, 0.6) is 5.75 Å². The number of amides is 1. The van der Waals surface area contributed by atoms with Crippen molar-refractivity contribution in [1.82, 2.24) is 9.80 Å². The molecule has 25 heavy (non-hydrogen) atoms. The summed E-state index contributed by atoms with van der Waals surface area (Å²) in [5.74, 6) is 1.26. The van der Waals surface area contributed by atoms with E-state index in [1.54, 1.807) is 12.1 Å². The summed E-state index contributed by atoms with van der Waals surface area (Å²) in [4.78, 5) is 17.1. The maximum atomic E-state index is 12.8. The van der Waals surface area contributed by atoms with Gasteiger partial charge >= 0.3 is 6.61 Å². The van der Waals surface area contributed by atoms with E-state index < -0.39 is 6.61 Å². The van der Waals surface area contributed by atoms with Crippen LogP contribution in [0.4, 0.5) is 8.78 Å². The lowest BCUT2D eigenvalue weighted by molar-refractivity contribution is -0.140. The second-order valence-corrected chi connectivity index (χ2v) is 7.54. The fourth-order valence-corrected chi connectivity index (χ4v) is 4.16. The molecular weight excluding hydrogens is 326 g/mol. The van der Waals surface area contributed by atoms with Crippen LogP contribution in [0.15, 0.2) is 24.3 Å². The van der Waals surface area contributed by atoms with Crippen molar-refractivity contribution in [1.29, 1.82) is 0 Å². The Labute approximate surface area is 146 Å². The minimum Gasteiger partial charge on any atom is -0.434 e. The molecule has 1 aromatic rings. The largest absolute Gasteiger partial charge is 0.434 e. The Balaban J connectivity index is 1.48. The van der Waals surface area contributed by atoms with E-state index in [9.17, 15) is 13.6 Å². The summed E-state index contributed by atoms with van der Waals surface area (Å²) in [7, 11) is 0. The molecule has 5 rings (SSSR count). The molecule has 0 spiro atoms. The number of carbonyl (C=O) groups excluding carboxylic acids is 1. The lowest BCUT2D eigenvalue weighted by Gasteiger charge is -2.36. The number of piperidine rings is 1. The number of benzene rings is 1. The quantitative estimate of drug-likeness (QED) is 0.790. The number of carbonyl (C=O) groups is 1. The van der Waals surface area contributed by atoms with E-state index in [1.165, 1.54) is 12.8 Å². The van der Waals surface area contributed by atoms with Gasteiger partial charge in [-0.05, 0) is 37.7 Å². The molecular formula is C19H24F2N2O2. The highest BCUT2D eigenvalue weighted by molar-refractivity contribution is 5.80. The molecule has 6 heteroatoms. The number of alkyl halides is 2. The smallest absolute Gasteiger partial charge is 0.387 e. The summed E-state index contributed by atoms with van der Waals surface area (Å²) in [6.07, 6.45) is 4.47. The fraction of sp³-hybridized carbons (Fsp3) is 0.632. The Morgan fingerprint density at radius 3 is 2.68 bits per heavy atom. The standard InChI is InChI=1S/C19H24F2N2O2/c20-19(21)25-17-4-2-1-3-14(17)10-22-11-15-7-8-16(12-22)23(18(15)24)9-13-5-6-13/h1-4,13,15-16,19H,5-12H2/t15-,16+/m1/s1. The van der Waals surface area contributed by atoms with Crippen molar-refractivity contribution >= 4 is 5.91 Å². The third kappa shape index (κ3) is 3.78. The van der Waals surface area contributed by atoms with E-state index in [-0.39, 0.29) is 17.7 Å². The fourth-order valence-electron chi connectivity index (χ4n) is 4.16. The van der Waals surface area contributed by atoms with Crippen LogP contribution in [0.25, 0.3) is 0 Å². The van der Waals surface area contributed by atoms with Crippen LogP contribution in [0.1, 0.15) is 31.2 Å². The van der Waals surface area contributed by atoms with Gasteiger partial charge in [-0.25, -0.2) is 0 Å². The highest BCUT2D eigenvalue weighted by atomic mass is 19.3. The summed E-state index contributed by atoms with van der Waals surface area (Å²) < 4.78 is 29.9. The van der Waals surface area contributed by atoms with E-state index in [4.69, 9.17) is 0 Å². The van der Waals surface area contributed by atoms with Gasteiger partial charge in [0.1, 0.15) is 5.75 Å². The molecule has 4 nitrogen and oxygen atoms in total. The molecule has 0 aromatic heterocycles. The van der Waals surface area contributed by atoms with Gasteiger partial charge in [-0.1, -0.05) is 18.2 Å². The highest BCUT2D eigenvalue weighted by Crippen LogP contribution is 2.36. The first-order chi connectivity index (χ1) is 12.1. The number of hydrogen-bond acceptors (Lipinski definition) is 3. The molecule has 0 unspecified atom stereocenters. The van der Waals surface area contributed by atoms with Crippen LogP contribution >= 0.6 is 0 Å². The van der Waals surface area contributed by atoms with E-state index in [0.29, 0.717) is 24.9 Å². The molecule has 4 fully saturated rings. The zero-order chi connectivity index (χ0) is 17.4. The molecule has 3 heterocycles. The minimum atomic E-state index is -2.82. The Kier molecular flexibility index (Phi) is 4.63. The maximum Gasteiger partial charge on any atom is 0.387 e. The summed E-state index contributed by atoms with van der Waals surface area (Å²) in [6.45, 7) is 0.147. The molecule has 3 saturated heterocycles. The number of rotatable bonds is 6. The molecule has 1 aliphatic carbocycles. The van der Waals surface area contributed by atoms with E-state index in [2.05, 4.69) is 14.5 Å². The molecule has 0 N–H and O–H groups in total. The first kappa shape index (κ1) is 16.8. The molecule has 4 aliphatic rings. The first-order valence-corrected chi connectivity index (χ1v) is 9.15. The molecule has 2 bridgehead atoms. The predicted molar refractivity (Wildman–Crippen MR) is 89.3 cm³/mol. The Morgan fingerprint density at radius 1 is 1.12 bits per heavy atom. The van der Waals surface area contributed by atoms with Crippen molar-refractivity contribution in [3.05, 3.63) is 29.8 Å². The lowest BCUT2D eigenvalue weighted by atomic mass is 9.94. The van der Waals surface area contributed by atoms with Gasteiger partial charge in [0.25, 0.3) is 0 Å². The highest BCUT2D eigenvalue weighted by Gasteiger charge is 2.42. The monoisotopic (exact) mass is 350 g/mol. The van der Waals surface area contributed by atoms with Crippen molar-refractivity contribution in [3.8, 4) is 5.75 Å². The van der Waals surface area contributed by atoms with Gasteiger partial charge in [-0.3, -0.25) is 9.69 Å². The van der Waals surface area contributed by atoms with Crippen molar-refractivity contribution in [2.45, 2.75) is 44.9 Å². The van der Waals surface area contributed by atoms with Gasteiger partial charge < -0.3 is 9.64 Å². The van der Waals surface area contributed by atoms with Crippen LogP contribution < -0.4 is 4.74 Å². The molecule has 136 valence electrons. The van der Waals surface area contributed by atoms with Crippen LogP contribution in [0, 0.1) is 11.8 Å². The van der Waals surface area contributed by atoms with E-state index in [0.717, 1.165) is 31.5 Å². The number of halogens is 2. The number of ether oxygens (including phenoxy) is 1. The van der Waals surface area contributed by atoms with E-state index >= 15 is 0 Å². The Hall–Kier alpha value is -1.69. The zero-order valence-electron chi connectivity index (χ0n) is 14.2. The number of nitrogens with zero attached hydrogens (tertiary/aromatic N) is 2. The van der Waals surface area contributed by atoms with Gasteiger partial charge in [-0.15, -0.1) is 0 Å². The molecule has 1 aromatic carbocycles. The third-order valence-electron chi connectivity index (χ3n) is 5.60. The summed E-state index contributed by atoms with van der Waals surface area (Å²) in [6, 6.07) is 7.21. The van der Waals surface area contributed by atoms with E-state index in [1.807, 2.05) is 12.1 Å². The second kappa shape index (κ2) is 6.90. The summed E-state index contributed by atoms with van der Waals surface area (Å²) in [5, 5.41) is 0. The van der Waals surface area contributed by atoms with Gasteiger partial charge in [0, 0.05) is 37.8 Å². The average Bonchev–Trinajstić information content (AvgIpc) is 3.40. The lowest BCUT2D eigenvalue weighted by Crippen LogP contribution is -2.48. The van der Waals surface area contributed by atoms with Gasteiger partial charge in [0.15, 0.2) is 0 Å². The van der Waals surface area contributed by atoms with Crippen molar-refractivity contribution in [2.24, 2.45) is 11.8 Å². The topological polar surface area (TPSA) is 32.8 Å². The van der Waals surface area contributed by atoms with Gasteiger partial charge in [0.05, 0.1) is 5.92 Å². The molecule has 0 radical (unpaired) electrons. The summed E-state index contributed by atoms with van der Waals surface area (Å²) in [5.41, 5.74) is 0.755. The Morgan fingerprint density at radius 2 is 1.92 bits per heavy atom. The number of fused-ring (bicyclic) bond motifs is 4.